The number of hydrogen-bond acceptors (Lipinski definition) is 3. The number of rotatable bonds is 5. The van der Waals surface area contributed by atoms with Crippen molar-refractivity contribution in [3.63, 3.8) is 0 Å². The van der Waals surface area contributed by atoms with Crippen LogP contribution in [0.25, 0.3) is 10.9 Å². The maximum absolute atomic E-state index is 6.29. The Kier molecular flexibility index (Phi) is 4.87. The Balaban J connectivity index is 2.56. The summed E-state index contributed by atoms with van der Waals surface area (Å²) in [5, 5.41) is 1.72. The van der Waals surface area contributed by atoms with Gasteiger partial charge in [0.25, 0.3) is 0 Å². The molecule has 1 atom stereocenters. The third-order valence-electron chi connectivity index (χ3n) is 4.62. The lowest BCUT2D eigenvalue weighted by Gasteiger charge is -2.40. The van der Waals surface area contributed by atoms with Crippen LogP contribution < -0.4 is 5.73 Å². The topological polar surface area (TPSA) is 42.1 Å². The summed E-state index contributed by atoms with van der Waals surface area (Å²) in [7, 11) is 2.13. The fraction of sp³-hybridized carbons (Fsp3) is 0.471. The zero-order chi connectivity index (χ0) is 15.6. The largest absolute Gasteiger partial charge is 0.329 e. The van der Waals surface area contributed by atoms with Crippen LogP contribution in [0.1, 0.15) is 38.8 Å². The second-order valence-electron chi connectivity index (χ2n) is 6.06. The lowest BCUT2D eigenvalue weighted by Crippen LogP contribution is -2.45. The number of pyridine rings is 1. The van der Waals surface area contributed by atoms with Gasteiger partial charge in [-0.1, -0.05) is 24.6 Å². The quantitative estimate of drug-likeness (QED) is 0.907. The molecule has 1 unspecified atom stereocenters. The van der Waals surface area contributed by atoms with Gasteiger partial charge in [0.1, 0.15) is 0 Å². The SMILES string of the molecule is CCC(C)(C)N(C)C(CN)c1ccc(Cl)c2cccnc12. The summed E-state index contributed by atoms with van der Waals surface area (Å²) in [6.45, 7) is 7.22. The molecule has 2 rings (SSSR count). The highest BCUT2D eigenvalue weighted by Crippen LogP contribution is 2.33. The first-order valence-corrected chi connectivity index (χ1v) is 7.76. The van der Waals surface area contributed by atoms with E-state index in [1.54, 1.807) is 6.20 Å². The molecule has 0 fully saturated rings. The molecule has 0 aliphatic rings. The zero-order valence-electron chi connectivity index (χ0n) is 13.2. The Hall–Kier alpha value is -1.16. The first kappa shape index (κ1) is 16.2. The molecule has 1 aromatic heterocycles. The number of hydrogen-bond donors (Lipinski definition) is 1. The van der Waals surface area contributed by atoms with Crippen LogP contribution in [-0.2, 0) is 0 Å². The summed E-state index contributed by atoms with van der Waals surface area (Å²) in [4.78, 5) is 6.87. The molecule has 2 aromatic rings. The normalized spacial score (nSPS) is 13.9. The Labute approximate surface area is 132 Å². The zero-order valence-corrected chi connectivity index (χ0v) is 14.0. The molecule has 1 aromatic carbocycles. The van der Waals surface area contributed by atoms with Crippen molar-refractivity contribution in [3.05, 3.63) is 41.0 Å². The van der Waals surface area contributed by atoms with E-state index in [0.717, 1.165) is 27.9 Å². The average molecular weight is 306 g/mol. The second-order valence-corrected chi connectivity index (χ2v) is 6.47. The van der Waals surface area contributed by atoms with Crippen LogP contribution in [0.2, 0.25) is 5.02 Å². The summed E-state index contributed by atoms with van der Waals surface area (Å²) in [5.41, 5.74) is 8.24. The van der Waals surface area contributed by atoms with E-state index in [0.29, 0.717) is 6.54 Å². The van der Waals surface area contributed by atoms with Crippen molar-refractivity contribution < 1.29 is 0 Å². The maximum Gasteiger partial charge on any atom is 0.0765 e. The average Bonchev–Trinajstić information content (AvgIpc) is 2.50. The Morgan fingerprint density at radius 1 is 1.33 bits per heavy atom. The van der Waals surface area contributed by atoms with E-state index in [9.17, 15) is 0 Å². The van der Waals surface area contributed by atoms with Gasteiger partial charge < -0.3 is 5.73 Å². The number of halogens is 1. The van der Waals surface area contributed by atoms with E-state index < -0.39 is 0 Å². The van der Waals surface area contributed by atoms with Crippen molar-refractivity contribution in [2.75, 3.05) is 13.6 Å². The Morgan fingerprint density at radius 2 is 2.05 bits per heavy atom. The number of fused-ring (bicyclic) bond motifs is 1. The second kappa shape index (κ2) is 6.30. The van der Waals surface area contributed by atoms with Gasteiger partial charge in [-0.15, -0.1) is 0 Å². The van der Waals surface area contributed by atoms with E-state index in [1.165, 1.54) is 0 Å². The third-order valence-corrected chi connectivity index (χ3v) is 4.95. The highest BCUT2D eigenvalue weighted by Gasteiger charge is 2.29. The molecule has 1 heterocycles. The van der Waals surface area contributed by atoms with Crippen LogP contribution in [0.4, 0.5) is 0 Å². The van der Waals surface area contributed by atoms with E-state index in [4.69, 9.17) is 17.3 Å². The minimum Gasteiger partial charge on any atom is -0.329 e. The Morgan fingerprint density at radius 3 is 2.67 bits per heavy atom. The summed E-state index contributed by atoms with van der Waals surface area (Å²) in [6, 6.07) is 8.03. The van der Waals surface area contributed by atoms with Gasteiger partial charge in [0, 0.05) is 34.7 Å². The number of nitrogens with two attached hydrogens (primary N) is 1. The minimum atomic E-state index is 0.0742. The van der Waals surface area contributed by atoms with Gasteiger partial charge in [0.2, 0.25) is 0 Å². The number of aromatic nitrogens is 1. The van der Waals surface area contributed by atoms with Crippen molar-refractivity contribution >= 4 is 22.5 Å². The van der Waals surface area contributed by atoms with Gasteiger partial charge in [-0.25, -0.2) is 0 Å². The first-order chi connectivity index (χ1) is 9.92. The molecular weight excluding hydrogens is 282 g/mol. The van der Waals surface area contributed by atoms with Crippen LogP contribution >= 0.6 is 11.6 Å². The fourth-order valence-electron chi connectivity index (χ4n) is 2.59. The predicted molar refractivity (Wildman–Crippen MR) is 90.7 cm³/mol. The van der Waals surface area contributed by atoms with Crippen molar-refractivity contribution in [1.82, 2.24) is 9.88 Å². The van der Waals surface area contributed by atoms with Gasteiger partial charge in [0.05, 0.1) is 5.52 Å². The number of likely N-dealkylation sites (N-methyl/N-ethyl adjacent to an activating group) is 1. The molecule has 114 valence electrons. The number of nitrogens with zero attached hydrogens (tertiary/aromatic N) is 2. The van der Waals surface area contributed by atoms with Crippen molar-refractivity contribution in [1.29, 1.82) is 0 Å². The molecule has 0 aliphatic carbocycles. The lowest BCUT2D eigenvalue weighted by atomic mass is 9.93. The molecule has 2 N–H and O–H groups in total. The lowest BCUT2D eigenvalue weighted by molar-refractivity contribution is 0.101. The molecule has 0 saturated heterocycles. The van der Waals surface area contributed by atoms with Gasteiger partial charge in [-0.3, -0.25) is 9.88 Å². The van der Waals surface area contributed by atoms with E-state index in [-0.39, 0.29) is 11.6 Å². The summed E-state index contributed by atoms with van der Waals surface area (Å²) >= 11 is 6.29. The van der Waals surface area contributed by atoms with Crippen molar-refractivity contribution in [2.24, 2.45) is 5.73 Å². The molecule has 0 spiro atoms. The Bertz CT molecular complexity index is 624. The molecule has 21 heavy (non-hydrogen) atoms. The van der Waals surface area contributed by atoms with Crippen LogP contribution in [0.15, 0.2) is 30.5 Å². The van der Waals surface area contributed by atoms with Gasteiger partial charge in [-0.05, 0) is 51.1 Å². The highest BCUT2D eigenvalue weighted by atomic mass is 35.5. The number of benzene rings is 1. The smallest absolute Gasteiger partial charge is 0.0765 e. The molecule has 0 aliphatic heterocycles. The molecule has 0 saturated carbocycles. The van der Waals surface area contributed by atoms with E-state index in [1.807, 2.05) is 18.2 Å². The van der Waals surface area contributed by atoms with Gasteiger partial charge in [-0.2, -0.15) is 0 Å². The van der Waals surface area contributed by atoms with E-state index >= 15 is 0 Å². The maximum atomic E-state index is 6.29. The summed E-state index contributed by atoms with van der Waals surface area (Å²) in [5.74, 6) is 0. The third kappa shape index (κ3) is 3.05. The van der Waals surface area contributed by atoms with Crippen LogP contribution in [-0.4, -0.2) is 29.0 Å². The fourth-order valence-corrected chi connectivity index (χ4v) is 2.81. The van der Waals surface area contributed by atoms with Crippen molar-refractivity contribution in [3.8, 4) is 0 Å². The first-order valence-electron chi connectivity index (χ1n) is 7.38. The standard InChI is InChI=1S/C17H24ClN3/c1-5-17(2,3)21(4)15(11-19)13-8-9-14(18)12-7-6-10-20-16(12)13/h6-10,15H,5,11,19H2,1-4H3. The monoisotopic (exact) mass is 305 g/mol. The predicted octanol–water partition coefficient (Wildman–Crippen LogP) is 4.01. The molecular formula is C17H24ClN3. The van der Waals surface area contributed by atoms with E-state index in [2.05, 4.69) is 43.8 Å². The van der Waals surface area contributed by atoms with Gasteiger partial charge in [0.15, 0.2) is 0 Å². The van der Waals surface area contributed by atoms with Crippen LogP contribution in [0.5, 0.6) is 0 Å². The molecule has 0 amide bonds. The molecule has 0 bridgehead atoms. The van der Waals surface area contributed by atoms with Crippen LogP contribution in [0, 0.1) is 0 Å². The van der Waals surface area contributed by atoms with Gasteiger partial charge >= 0.3 is 0 Å². The highest BCUT2D eigenvalue weighted by molar-refractivity contribution is 6.35. The van der Waals surface area contributed by atoms with Crippen molar-refractivity contribution in [2.45, 2.75) is 38.8 Å². The minimum absolute atomic E-state index is 0.0742. The summed E-state index contributed by atoms with van der Waals surface area (Å²) in [6.07, 6.45) is 2.86. The van der Waals surface area contributed by atoms with Crippen LogP contribution in [0.3, 0.4) is 0 Å². The molecule has 3 nitrogen and oxygen atoms in total. The summed E-state index contributed by atoms with van der Waals surface area (Å²) < 4.78 is 0. The molecule has 4 heteroatoms. The molecule has 0 radical (unpaired) electrons.